The largest absolute Gasteiger partial charge is 0.350 e. The van der Waals surface area contributed by atoms with Crippen LogP contribution in [0.25, 0.3) is 0 Å². The maximum absolute atomic E-state index is 10.3. The maximum Gasteiger partial charge on any atom is 0.329 e. The van der Waals surface area contributed by atoms with E-state index in [1.807, 2.05) is 0 Å². The second kappa shape index (κ2) is 4.61. The van der Waals surface area contributed by atoms with E-state index in [2.05, 4.69) is 17.2 Å². The van der Waals surface area contributed by atoms with Crippen LogP contribution in [-0.2, 0) is 0 Å². The molecular formula is C3H9N7O3. The molecule has 0 radical (unpaired) electrons. The summed E-state index contributed by atoms with van der Waals surface area (Å²) in [7, 11) is 0. The number of nitrogens with two attached hydrogens (primary N) is 3. The van der Waals surface area contributed by atoms with Crippen LogP contribution in [0.15, 0.2) is 0 Å². The van der Waals surface area contributed by atoms with Crippen LogP contribution in [0.1, 0.15) is 0 Å². The number of hydrogen-bond donors (Lipinski definition) is 6. The number of nitrogens with zero attached hydrogens (tertiary/aromatic N) is 1. The zero-order valence-electron chi connectivity index (χ0n) is 6.40. The molecule has 0 saturated carbocycles. The Balaban J connectivity index is 4.10. The quantitative estimate of drug-likeness (QED) is 0.262. The highest BCUT2D eigenvalue weighted by molar-refractivity contribution is 5.75. The van der Waals surface area contributed by atoms with Crippen molar-refractivity contribution < 1.29 is 14.4 Å². The monoisotopic (exact) mass is 191 g/mol. The van der Waals surface area contributed by atoms with Crippen molar-refractivity contribution in [2.45, 2.75) is 0 Å². The zero-order valence-corrected chi connectivity index (χ0v) is 6.40. The van der Waals surface area contributed by atoms with Gasteiger partial charge in [0.2, 0.25) is 0 Å². The Morgan fingerprint density at radius 1 is 0.769 bits per heavy atom. The van der Waals surface area contributed by atoms with Crippen LogP contribution >= 0.6 is 0 Å². The van der Waals surface area contributed by atoms with Crippen LogP contribution in [0, 0.1) is 0 Å². The van der Waals surface area contributed by atoms with Gasteiger partial charge in [-0.3, -0.25) is 0 Å². The fraction of sp³-hybridized carbons (Fsp3) is 0. The maximum atomic E-state index is 10.3. The third kappa shape index (κ3) is 6.18. The van der Waals surface area contributed by atoms with Crippen molar-refractivity contribution in [3.63, 3.8) is 0 Å². The molecule has 13 heavy (non-hydrogen) atoms. The van der Waals surface area contributed by atoms with Crippen molar-refractivity contribution in [2.75, 3.05) is 0 Å². The molecular weight excluding hydrogens is 182 g/mol. The Morgan fingerprint density at radius 3 is 1.15 bits per heavy atom. The molecule has 6 amide bonds. The van der Waals surface area contributed by atoms with Gasteiger partial charge in [0.15, 0.2) is 0 Å². The predicted molar refractivity (Wildman–Crippen MR) is 40.0 cm³/mol. The number of carbonyl (C=O) groups is 3. The fourth-order valence-corrected chi connectivity index (χ4v) is 0.414. The van der Waals surface area contributed by atoms with E-state index in [9.17, 15) is 14.4 Å². The molecule has 0 aromatic heterocycles. The summed E-state index contributed by atoms with van der Waals surface area (Å²) in [5.41, 5.74) is 19.4. The van der Waals surface area contributed by atoms with E-state index in [0.717, 1.165) is 0 Å². The summed E-state index contributed by atoms with van der Waals surface area (Å²) < 4.78 is 0. The minimum Gasteiger partial charge on any atom is -0.350 e. The van der Waals surface area contributed by atoms with Gasteiger partial charge < -0.3 is 17.2 Å². The lowest BCUT2D eigenvalue weighted by atomic mass is 11.1. The van der Waals surface area contributed by atoms with Crippen molar-refractivity contribution in [1.29, 1.82) is 0 Å². The molecule has 0 bridgehead atoms. The summed E-state index contributed by atoms with van der Waals surface area (Å²) in [4.78, 5) is 30.8. The first-order valence-corrected chi connectivity index (χ1v) is 2.90. The first kappa shape index (κ1) is 10.8. The van der Waals surface area contributed by atoms with Gasteiger partial charge in [-0.05, 0) is 5.23 Å². The first-order valence-electron chi connectivity index (χ1n) is 2.90. The first-order chi connectivity index (χ1) is 5.91. The minimum absolute atomic E-state index is 0.424. The predicted octanol–water partition coefficient (Wildman–Crippen LogP) is -2.96. The Bertz CT molecular complexity index is 189. The van der Waals surface area contributed by atoms with Crippen LogP contribution < -0.4 is 33.5 Å². The molecule has 74 valence electrons. The van der Waals surface area contributed by atoms with Gasteiger partial charge in [0.05, 0.1) is 0 Å². The molecule has 9 N–H and O–H groups in total. The number of amides is 6. The van der Waals surface area contributed by atoms with E-state index in [1.54, 1.807) is 16.3 Å². The van der Waals surface area contributed by atoms with Crippen LogP contribution in [0.3, 0.4) is 0 Å². The number of hydrogen-bond acceptors (Lipinski definition) is 4. The number of nitrogens with one attached hydrogen (secondary N) is 3. The molecule has 0 atom stereocenters. The lowest BCUT2D eigenvalue weighted by molar-refractivity contribution is 0.0949. The molecule has 0 aliphatic carbocycles. The molecule has 10 nitrogen and oxygen atoms in total. The molecule has 0 aliphatic rings. The molecule has 0 saturated heterocycles. The standard InChI is InChI=1S/C3H9N7O3/c4-1(11)7-10(8-2(5)12)9-3(6)13/h(H3,4,7,11)(H3,5,8,12)(H3,6,9,13). The third-order valence-corrected chi connectivity index (χ3v) is 0.666. The van der Waals surface area contributed by atoms with Gasteiger partial charge in [0.1, 0.15) is 0 Å². The smallest absolute Gasteiger partial charge is 0.329 e. The van der Waals surface area contributed by atoms with Crippen LogP contribution in [0.5, 0.6) is 0 Å². The second-order valence-corrected chi connectivity index (χ2v) is 1.76. The molecule has 0 heterocycles. The number of hydrazine groups is 3. The van der Waals surface area contributed by atoms with E-state index in [4.69, 9.17) is 0 Å². The van der Waals surface area contributed by atoms with Crippen LogP contribution in [0.2, 0.25) is 0 Å². The summed E-state index contributed by atoms with van der Waals surface area (Å²) in [6.07, 6.45) is 0. The van der Waals surface area contributed by atoms with Crippen molar-refractivity contribution in [3.8, 4) is 0 Å². The summed E-state index contributed by atoms with van der Waals surface area (Å²) in [5.74, 6) is 0. The Labute approximate surface area is 72.3 Å². The van der Waals surface area contributed by atoms with Gasteiger partial charge in [-0.25, -0.2) is 30.7 Å². The summed E-state index contributed by atoms with van der Waals surface area (Å²) in [5, 5.41) is 0.424. The van der Waals surface area contributed by atoms with Gasteiger partial charge in [-0.15, -0.1) is 0 Å². The molecule has 0 aromatic rings. The van der Waals surface area contributed by atoms with E-state index in [1.165, 1.54) is 0 Å². The number of carbonyl (C=O) groups excluding carboxylic acids is 3. The zero-order chi connectivity index (χ0) is 10.4. The number of primary amides is 3. The highest BCUT2D eigenvalue weighted by Crippen LogP contribution is 1.68. The Morgan fingerprint density at radius 2 is 1.00 bits per heavy atom. The number of rotatable bonds is 3. The van der Waals surface area contributed by atoms with Gasteiger partial charge in [-0.2, -0.15) is 0 Å². The van der Waals surface area contributed by atoms with Crippen molar-refractivity contribution in [3.05, 3.63) is 0 Å². The molecule has 0 spiro atoms. The second-order valence-electron chi connectivity index (χ2n) is 1.76. The van der Waals surface area contributed by atoms with Crippen LogP contribution in [0.4, 0.5) is 14.4 Å². The lowest BCUT2D eigenvalue weighted by Gasteiger charge is -2.20. The van der Waals surface area contributed by atoms with Crippen LogP contribution in [-0.4, -0.2) is 23.3 Å². The van der Waals surface area contributed by atoms with Crippen molar-refractivity contribution >= 4 is 18.1 Å². The Hall–Kier alpha value is -2.23. The van der Waals surface area contributed by atoms with E-state index >= 15 is 0 Å². The molecule has 0 unspecified atom stereocenters. The third-order valence-electron chi connectivity index (χ3n) is 0.666. The van der Waals surface area contributed by atoms with Crippen molar-refractivity contribution in [1.82, 2.24) is 21.5 Å². The van der Waals surface area contributed by atoms with Gasteiger partial charge in [0.25, 0.3) is 0 Å². The van der Waals surface area contributed by atoms with E-state index in [-0.39, 0.29) is 0 Å². The summed E-state index contributed by atoms with van der Waals surface area (Å²) >= 11 is 0. The fourth-order valence-electron chi connectivity index (χ4n) is 0.414. The van der Waals surface area contributed by atoms with E-state index < -0.39 is 18.1 Å². The topological polar surface area (TPSA) is 169 Å². The SMILES string of the molecule is NC(=O)NN(NC(N)=O)NC(N)=O. The summed E-state index contributed by atoms with van der Waals surface area (Å²) in [6, 6.07) is -3.08. The molecule has 0 aromatic carbocycles. The molecule has 0 fully saturated rings. The van der Waals surface area contributed by atoms with Gasteiger partial charge in [0, 0.05) is 0 Å². The average molecular weight is 191 g/mol. The highest BCUT2D eigenvalue weighted by Gasteiger charge is 2.09. The Kier molecular flexibility index (Phi) is 3.82. The average Bonchev–Trinajstić information content (AvgIpc) is 1.80. The number of urea groups is 3. The minimum atomic E-state index is -1.03. The lowest BCUT2D eigenvalue weighted by Crippen LogP contribution is -2.64. The van der Waals surface area contributed by atoms with Crippen molar-refractivity contribution in [2.24, 2.45) is 17.2 Å². The summed E-state index contributed by atoms with van der Waals surface area (Å²) in [6.45, 7) is 0. The normalized spacial score (nSPS) is 9.00. The molecule has 10 heteroatoms. The molecule has 0 aliphatic heterocycles. The highest BCUT2D eigenvalue weighted by atomic mass is 16.2. The van der Waals surface area contributed by atoms with E-state index in [0.29, 0.717) is 5.23 Å². The van der Waals surface area contributed by atoms with Gasteiger partial charge in [-0.1, -0.05) is 0 Å². The molecule has 0 rings (SSSR count). The van der Waals surface area contributed by atoms with Gasteiger partial charge >= 0.3 is 18.1 Å².